The molecule has 88 valence electrons. The molecule has 0 saturated carbocycles. The van der Waals surface area contributed by atoms with Gasteiger partial charge in [0.25, 0.3) is 5.43 Å². The topological polar surface area (TPSA) is 104 Å². The number of hydrogen-bond donors (Lipinski definition) is 1. The van der Waals surface area contributed by atoms with Gasteiger partial charge in [-0.2, -0.15) is 0 Å². The summed E-state index contributed by atoms with van der Waals surface area (Å²) >= 11 is 1.30. The van der Waals surface area contributed by atoms with Crippen molar-refractivity contribution in [3.63, 3.8) is 0 Å². The van der Waals surface area contributed by atoms with Crippen molar-refractivity contribution in [3.05, 3.63) is 49.9 Å². The average Bonchev–Trinajstić information content (AvgIpc) is 2.66. The second-order valence-electron chi connectivity index (χ2n) is 3.29. The van der Waals surface area contributed by atoms with Crippen molar-refractivity contribution in [2.75, 3.05) is 5.73 Å². The number of nitrogens with zero attached hydrogens (tertiary/aromatic N) is 3. The maximum absolute atomic E-state index is 11.2. The Hall–Kier alpha value is -2.22. The van der Waals surface area contributed by atoms with Crippen molar-refractivity contribution < 1.29 is 4.92 Å². The van der Waals surface area contributed by atoms with Crippen molar-refractivity contribution in [1.29, 1.82) is 0 Å². The van der Waals surface area contributed by atoms with Crippen LogP contribution in [0, 0.1) is 10.1 Å². The molecular weight excluding hydrogens is 244 g/mol. The van der Waals surface area contributed by atoms with E-state index in [1.807, 2.05) is 0 Å². The lowest BCUT2D eigenvalue weighted by Crippen LogP contribution is -2.11. The molecule has 0 aliphatic rings. The zero-order chi connectivity index (χ0) is 12.4. The van der Waals surface area contributed by atoms with Crippen LogP contribution in [-0.2, 0) is 6.54 Å². The maximum atomic E-state index is 11.2. The van der Waals surface area contributed by atoms with E-state index in [9.17, 15) is 14.9 Å². The zero-order valence-electron chi connectivity index (χ0n) is 8.57. The lowest BCUT2D eigenvalue weighted by atomic mass is 10.4. The highest BCUT2D eigenvalue weighted by Crippen LogP contribution is 2.16. The number of rotatable bonds is 3. The van der Waals surface area contributed by atoms with Crippen molar-refractivity contribution in [2.45, 2.75) is 6.54 Å². The molecule has 0 fully saturated rings. The molecule has 2 N–H and O–H groups in total. The molecule has 2 aromatic rings. The molecule has 0 amide bonds. The van der Waals surface area contributed by atoms with Crippen molar-refractivity contribution in [3.8, 4) is 0 Å². The molecule has 2 aromatic heterocycles. The van der Waals surface area contributed by atoms with Crippen molar-refractivity contribution in [1.82, 2.24) is 9.55 Å². The Morgan fingerprint density at radius 1 is 1.59 bits per heavy atom. The molecule has 0 radical (unpaired) electrons. The fraction of sp³-hybridized carbons (Fsp3) is 0.111. The van der Waals surface area contributed by atoms with Gasteiger partial charge in [-0.05, 0) is 0 Å². The molecule has 2 rings (SSSR count). The largest absolute Gasteiger partial charge is 0.375 e. The molecule has 0 unspecified atom stereocenters. The minimum atomic E-state index is -0.695. The number of nitro groups is 1. The zero-order valence-corrected chi connectivity index (χ0v) is 9.38. The Balaban J connectivity index is 2.31. The fourth-order valence-corrected chi connectivity index (χ4v) is 2.02. The first kappa shape index (κ1) is 11.3. The van der Waals surface area contributed by atoms with Crippen LogP contribution in [0.4, 0.5) is 10.8 Å². The van der Waals surface area contributed by atoms with Crippen LogP contribution in [-0.4, -0.2) is 14.5 Å². The number of hydrogen-bond acceptors (Lipinski definition) is 6. The lowest BCUT2D eigenvalue weighted by molar-refractivity contribution is -0.386. The highest BCUT2D eigenvalue weighted by molar-refractivity contribution is 7.15. The van der Waals surface area contributed by atoms with Gasteiger partial charge < -0.3 is 10.3 Å². The molecule has 0 bridgehead atoms. The van der Waals surface area contributed by atoms with E-state index >= 15 is 0 Å². The number of nitrogens with two attached hydrogens (primary N) is 1. The van der Waals surface area contributed by atoms with Crippen LogP contribution in [0.3, 0.4) is 0 Å². The van der Waals surface area contributed by atoms with E-state index in [-0.39, 0.29) is 0 Å². The predicted molar refractivity (Wildman–Crippen MR) is 63.0 cm³/mol. The second kappa shape index (κ2) is 4.34. The lowest BCUT2D eigenvalue weighted by Gasteiger charge is -2.02. The molecule has 0 aliphatic heterocycles. The first-order valence-corrected chi connectivity index (χ1v) is 5.42. The summed E-state index contributed by atoms with van der Waals surface area (Å²) in [5, 5.41) is 11.0. The van der Waals surface area contributed by atoms with Gasteiger partial charge in [-0.3, -0.25) is 14.9 Å². The average molecular weight is 252 g/mol. The second-order valence-corrected chi connectivity index (χ2v) is 4.44. The van der Waals surface area contributed by atoms with Gasteiger partial charge >= 0.3 is 5.69 Å². The minimum absolute atomic E-state index is 0.399. The quantitative estimate of drug-likeness (QED) is 0.644. The van der Waals surface area contributed by atoms with Crippen LogP contribution in [0.5, 0.6) is 0 Å². The minimum Gasteiger partial charge on any atom is -0.375 e. The highest BCUT2D eigenvalue weighted by atomic mass is 32.1. The molecular formula is C9H8N4O3S. The number of anilines is 1. The van der Waals surface area contributed by atoms with Crippen LogP contribution in [0.15, 0.2) is 29.5 Å². The van der Waals surface area contributed by atoms with Crippen LogP contribution in [0.25, 0.3) is 0 Å². The normalized spacial score (nSPS) is 10.4. The van der Waals surface area contributed by atoms with Gasteiger partial charge in [0.1, 0.15) is 0 Å². The van der Waals surface area contributed by atoms with E-state index in [4.69, 9.17) is 5.73 Å². The monoisotopic (exact) mass is 252 g/mol. The Labute approximate surface area is 99.3 Å². The van der Waals surface area contributed by atoms with Gasteiger partial charge in [-0.1, -0.05) is 0 Å². The summed E-state index contributed by atoms with van der Waals surface area (Å²) < 4.78 is 1.55. The van der Waals surface area contributed by atoms with Crippen molar-refractivity contribution in [2.24, 2.45) is 0 Å². The summed E-state index contributed by atoms with van der Waals surface area (Å²) in [6.07, 6.45) is 4.30. The van der Waals surface area contributed by atoms with Gasteiger partial charge in [0, 0.05) is 23.3 Å². The first-order chi connectivity index (χ1) is 8.06. The number of nitrogen functional groups attached to an aromatic ring is 1. The molecule has 0 spiro atoms. The van der Waals surface area contributed by atoms with Crippen molar-refractivity contribution >= 4 is 22.2 Å². The molecule has 0 aromatic carbocycles. The molecule has 2 heterocycles. The summed E-state index contributed by atoms with van der Waals surface area (Å²) in [5.41, 5.74) is 4.43. The summed E-state index contributed by atoms with van der Waals surface area (Å²) in [7, 11) is 0. The van der Waals surface area contributed by atoms with E-state index in [1.54, 1.807) is 10.8 Å². The smallest absolute Gasteiger partial charge is 0.332 e. The Morgan fingerprint density at radius 3 is 2.94 bits per heavy atom. The van der Waals surface area contributed by atoms with E-state index in [0.29, 0.717) is 11.7 Å². The Morgan fingerprint density at radius 2 is 2.35 bits per heavy atom. The van der Waals surface area contributed by atoms with E-state index in [0.717, 1.165) is 4.88 Å². The maximum Gasteiger partial charge on any atom is 0.332 e. The highest BCUT2D eigenvalue weighted by Gasteiger charge is 2.11. The summed E-state index contributed by atoms with van der Waals surface area (Å²) in [6.45, 7) is 0.399. The number of thiazole rings is 1. The van der Waals surface area contributed by atoms with Gasteiger partial charge in [0.05, 0.1) is 17.7 Å². The van der Waals surface area contributed by atoms with Crippen LogP contribution in [0.1, 0.15) is 4.88 Å². The van der Waals surface area contributed by atoms with E-state index < -0.39 is 16.0 Å². The van der Waals surface area contributed by atoms with Gasteiger partial charge in [-0.15, -0.1) is 11.3 Å². The van der Waals surface area contributed by atoms with Crippen LogP contribution >= 0.6 is 11.3 Å². The molecule has 7 nitrogen and oxygen atoms in total. The van der Waals surface area contributed by atoms with Crippen LogP contribution < -0.4 is 11.2 Å². The van der Waals surface area contributed by atoms with Gasteiger partial charge in [0.15, 0.2) is 5.13 Å². The standard InChI is InChI=1S/C9H8N4O3S/c10-9-11-3-6(17-9)4-12-2-1-8(14)7(5-12)13(15)16/h1-3,5H,4H2,(H2,10,11). The Bertz CT molecular complexity index is 619. The third-order valence-corrected chi connectivity index (χ3v) is 2.88. The molecule has 0 saturated heterocycles. The van der Waals surface area contributed by atoms with Gasteiger partial charge in [-0.25, -0.2) is 4.98 Å². The molecule has 17 heavy (non-hydrogen) atoms. The predicted octanol–water partition coefficient (Wildman–Crippen LogP) is 0.844. The Kier molecular flexibility index (Phi) is 2.88. The van der Waals surface area contributed by atoms with Crippen LogP contribution in [0.2, 0.25) is 0 Å². The van der Waals surface area contributed by atoms with E-state index in [1.165, 1.54) is 29.8 Å². The van der Waals surface area contributed by atoms with Gasteiger partial charge in [0.2, 0.25) is 0 Å². The van der Waals surface area contributed by atoms with E-state index in [2.05, 4.69) is 4.98 Å². The SMILES string of the molecule is Nc1ncc(Cn2ccc(=O)c([N+](=O)[O-])c2)s1. The molecule has 0 aliphatic carbocycles. The summed E-state index contributed by atoms with van der Waals surface area (Å²) in [5.74, 6) is 0. The first-order valence-electron chi connectivity index (χ1n) is 4.61. The number of pyridine rings is 1. The summed E-state index contributed by atoms with van der Waals surface area (Å²) in [6, 6.07) is 1.17. The molecule has 0 atom stereocenters. The molecule has 8 heteroatoms. The number of aromatic nitrogens is 2. The third-order valence-electron chi connectivity index (χ3n) is 2.06. The third kappa shape index (κ3) is 2.48. The fourth-order valence-electron chi connectivity index (χ4n) is 1.32. The summed E-state index contributed by atoms with van der Waals surface area (Å²) in [4.78, 5) is 25.8.